The third-order valence-corrected chi connectivity index (χ3v) is 3.39. The number of hydrogen-bond donors (Lipinski definition) is 2. The summed E-state index contributed by atoms with van der Waals surface area (Å²) in [7, 11) is 0. The van der Waals surface area contributed by atoms with Crippen LogP contribution in [0.4, 0.5) is 0 Å². The topological polar surface area (TPSA) is 55.1 Å². The Morgan fingerprint density at radius 2 is 2.06 bits per heavy atom. The Labute approximate surface area is 100.0 Å². The van der Waals surface area contributed by atoms with Crippen LogP contribution >= 0.6 is 11.6 Å². The number of hydrogen-bond acceptors (Lipinski definition) is 2. The molecule has 2 unspecified atom stereocenters. The third-order valence-electron chi connectivity index (χ3n) is 3.14. The maximum absolute atomic E-state index is 11.3. The highest BCUT2D eigenvalue weighted by atomic mass is 35.5. The number of piperidine rings is 1. The van der Waals surface area contributed by atoms with Crippen molar-refractivity contribution in [1.29, 1.82) is 0 Å². The maximum Gasteiger partial charge on any atom is 0.220 e. The minimum Gasteiger partial charge on any atom is -0.355 e. The molecule has 1 fully saturated rings. The van der Waals surface area contributed by atoms with Gasteiger partial charge in [0.1, 0.15) is 0 Å². The van der Waals surface area contributed by atoms with Crippen molar-refractivity contribution in [2.45, 2.75) is 12.3 Å². The van der Waals surface area contributed by atoms with Crippen LogP contribution < -0.4 is 11.1 Å². The van der Waals surface area contributed by atoms with Gasteiger partial charge < -0.3 is 11.1 Å². The van der Waals surface area contributed by atoms with Crippen molar-refractivity contribution >= 4 is 17.5 Å². The first-order valence-corrected chi connectivity index (χ1v) is 5.80. The van der Waals surface area contributed by atoms with Crippen LogP contribution in [0.2, 0.25) is 5.02 Å². The molecule has 1 amide bonds. The zero-order valence-electron chi connectivity index (χ0n) is 8.95. The Hall–Kier alpha value is -1.06. The van der Waals surface area contributed by atoms with Crippen LogP contribution in [0.25, 0.3) is 0 Å². The van der Waals surface area contributed by atoms with E-state index in [1.165, 1.54) is 5.56 Å². The number of benzene rings is 1. The van der Waals surface area contributed by atoms with Gasteiger partial charge in [0.2, 0.25) is 5.91 Å². The minimum atomic E-state index is 0.0978. The molecular weight excluding hydrogens is 224 g/mol. The molecule has 1 aliphatic rings. The van der Waals surface area contributed by atoms with Crippen molar-refractivity contribution in [2.75, 3.05) is 13.1 Å². The first kappa shape index (κ1) is 11.4. The molecule has 86 valence electrons. The van der Waals surface area contributed by atoms with Crippen LogP contribution in [0.5, 0.6) is 0 Å². The molecule has 16 heavy (non-hydrogen) atoms. The van der Waals surface area contributed by atoms with Crippen LogP contribution in [0.3, 0.4) is 0 Å². The van der Waals surface area contributed by atoms with Gasteiger partial charge in [-0.2, -0.15) is 0 Å². The van der Waals surface area contributed by atoms with Gasteiger partial charge in [-0.1, -0.05) is 23.7 Å². The van der Waals surface area contributed by atoms with Gasteiger partial charge in [-0.05, 0) is 30.2 Å². The van der Waals surface area contributed by atoms with Gasteiger partial charge in [-0.25, -0.2) is 0 Å². The van der Waals surface area contributed by atoms with Gasteiger partial charge in [0.15, 0.2) is 0 Å². The lowest BCUT2D eigenvalue weighted by Gasteiger charge is -2.31. The van der Waals surface area contributed by atoms with Gasteiger partial charge in [0.25, 0.3) is 0 Å². The lowest BCUT2D eigenvalue weighted by Crippen LogP contribution is -2.42. The normalized spacial score (nSPS) is 25.2. The number of halogens is 1. The Balaban J connectivity index is 2.18. The van der Waals surface area contributed by atoms with Crippen molar-refractivity contribution in [3.63, 3.8) is 0 Å². The van der Waals surface area contributed by atoms with Crippen LogP contribution in [-0.2, 0) is 4.79 Å². The standard InChI is InChI=1S/C12H15ClN2O/c13-10-3-1-8(2-4-10)11-7-15-12(16)5-9(11)6-14/h1-4,9,11H,5-7,14H2,(H,15,16). The van der Waals surface area contributed by atoms with E-state index >= 15 is 0 Å². The fourth-order valence-electron chi connectivity index (χ4n) is 2.19. The van der Waals surface area contributed by atoms with E-state index in [0.29, 0.717) is 25.4 Å². The number of carbonyl (C=O) groups is 1. The molecule has 0 aliphatic carbocycles. The quantitative estimate of drug-likeness (QED) is 0.821. The predicted octanol–water partition coefficient (Wildman–Crippen LogP) is 1.52. The second kappa shape index (κ2) is 4.85. The highest BCUT2D eigenvalue weighted by Crippen LogP contribution is 2.29. The summed E-state index contributed by atoms with van der Waals surface area (Å²) >= 11 is 5.85. The van der Waals surface area contributed by atoms with Crippen LogP contribution in [0, 0.1) is 5.92 Å². The molecular formula is C12H15ClN2O. The summed E-state index contributed by atoms with van der Waals surface area (Å²) in [6.07, 6.45) is 0.518. The second-order valence-electron chi connectivity index (χ2n) is 4.16. The molecule has 2 rings (SSSR count). The zero-order valence-corrected chi connectivity index (χ0v) is 9.70. The van der Waals surface area contributed by atoms with E-state index in [1.54, 1.807) is 0 Å². The molecule has 1 heterocycles. The lowest BCUT2D eigenvalue weighted by atomic mass is 9.81. The smallest absolute Gasteiger partial charge is 0.220 e. The van der Waals surface area contributed by atoms with Crippen molar-refractivity contribution in [3.05, 3.63) is 34.9 Å². The van der Waals surface area contributed by atoms with Gasteiger partial charge in [-0.15, -0.1) is 0 Å². The minimum absolute atomic E-state index is 0.0978. The second-order valence-corrected chi connectivity index (χ2v) is 4.60. The van der Waals surface area contributed by atoms with Crippen LogP contribution in [0.15, 0.2) is 24.3 Å². The first-order chi connectivity index (χ1) is 7.70. The molecule has 0 bridgehead atoms. The molecule has 1 aliphatic heterocycles. The Morgan fingerprint density at radius 3 is 2.69 bits per heavy atom. The molecule has 1 saturated heterocycles. The molecule has 0 radical (unpaired) electrons. The summed E-state index contributed by atoms with van der Waals surface area (Å²) < 4.78 is 0. The van der Waals surface area contributed by atoms with Crippen molar-refractivity contribution in [1.82, 2.24) is 5.32 Å². The largest absolute Gasteiger partial charge is 0.355 e. The van der Waals surface area contributed by atoms with Gasteiger partial charge >= 0.3 is 0 Å². The van der Waals surface area contributed by atoms with Crippen molar-refractivity contribution < 1.29 is 4.79 Å². The van der Waals surface area contributed by atoms with Gasteiger partial charge in [0, 0.05) is 23.9 Å². The first-order valence-electron chi connectivity index (χ1n) is 5.43. The van der Waals surface area contributed by atoms with Gasteiger partial charge in [0.05, 0.1) is 0 Å². The maximum atomic E-state index is 11.3. The highest BCUT2D eigenvalue weighted by molar-refractivity contribution is 6.30. The molecule has 1 aromatic carbocycles. The molecule has 0 aromatic heterocycles. The number of nitrogens with one attached hydrogen (secondary N) is 1. The SMILES string of the molecule is NCC1CC(=O)NCC1c1ccc(Cl)cc1. The van der Waals surface area contributed by atoms with Crippen molar-refractivity contribution in [3.8, 4) is 0 Å². The Bertz CT molecular complexity index is 377. The van der Waals surface area contributed by atoms with E-state index < -0.39 is 0 Å². The number of nitrogens with two attached hydrogens (primary N) is 1. The fraction of sp³-hybridized carbons (Fsp3) is 0.417. The number of amides is 1. The summed E-state index contributed by atoms with van der Waals surface area (Å²) in [4.78, 5) is 11.3. The molecule has 1 aromatic rings. The molecule has 2 atom stereocenters. The van der Waals surface area contributed by atoms with E-state index in [9.17, 15) is 4.79 Å². The van der Waals surface area contributed by atoms with E-state index in [1.807, 2.05) is 24.3 Å². The van der Waals surface area contributed by atoms with Gasteiger partial charge in [-0.3, -0.25) is 4.79 Å². The van der Waals surface area contributed by atoms with E-state index in [0.717, 1.165) is 5.02 Å². The highest BCUT2D eigenvalue weighted by Gasteiger charge is 2.28. The number of rotatable bonds is 2. The van der Waals surface area contributed by atoms with Crippen LogP contribution in [0.1, 0.15) is 17.9 Å². The average molecular weight is 239 g/mol. The molecule has 0 spiro atoms. The Kier molecular flexibility index (Phi) is 3.46. The lowest BCUT2D eigenvalue weighted by molar-refractivity contribution is -0.123. The average Bonchev–Trinajstić information content (AvgIpc) is 2.30. The summed E-state index contributed by atoms with van der Waals surface area (Å²) in [5.74, 6) is 0.635. The predicted molar refractivity (Wildman–Crippen MR) is 64.4 cm³/mol. The summed E-state index contributed by atoms with van der Waals surface area (Å²) in [5.41, 5.74) is 6.91. The van der Waals surface area contributed by atoms with E-state index in [4.69, 9.17) is 17.3 Å². The molecule has 3 nitrogen and oxygen atoms in total. The van der Waals surface area contributed by atoms with E-state index in [2.05, 4.69) is 5.32 Å². The molecule has 4 heteroatoms. The summed E-state index contributed by atoms with van der Waals surface area (Å²) in [6.45, 7) is 1.21. The monoisotopic (exact) mass is 238 g/mol. The fourth-order valence-corrected chi connectivity index (χ4v) is 2.32. The zero-order chi connectivity index (χ0) is 11.5. The summed E-state index contributed by atoms with van der Waals surface area (Å²) in [6, 6.07) is 7.77. The summed E-state index contributed by atoms with van der Waals surface area (Å²) in [5, 5.41) is 3.61. The third kappa shape index (κ3) is 2.36. The van der Waals surface area contributed by atoms with Crippen LogP contribution in [-0.4, -0.2) is 19.0 Å². The molecule has 0 saturated carbocycles. The molecule has 3 N–H and O–H groups in total. The number of carbonyl (C=O) groups excluding carboxylic acids is 1. The van der Waals surface area contributed by atoms with E-state index in [-0.39, 0.29) is 11.8 Å². The van der Waals surface area contributed by atoms with Crippen molar-refractivity contribution in [2.24, 2.45) is 11.7 Å². The Morgan fingerprint density at radius 1 is 1.38 bits per heavy atom.